The highest BCUT2D eigenvalue weighted by Gasteiger charge is 2.11. The molecule has 3 N–H and O–H groups in total. The Morgan fingerprint density at radius 1 is 1.32 bits per heavy atom. The van der Waals surface area contributed by atoms with Crippen LogP contribution in [-0.2, 0) is 16.0 Å². The molecule has 0 bridgehead atoms. The van der Waals surface area contributed by atoms with Gasteiger partial charge in [-0.25, -0.2) is 0 Å². The molecule has 1 unspecified atom stereocenters. The maximum absolute atomic E-state index is 11.8. The van der Waals surface area contributed by atoms with Crippen molar-refractivity contribution in [1.29, 1.82) is 0 Å². The minimum Gasteiger partial charge on any atom is -0.481 e. The smallest absolute Gasteiger partial charge is 0.307 e. The predicted octanol–water partition coefficient (Wildman–Crippen LogP) is 1.64. The number of aliphatic carboxylic acids is 1. The molecule has 0 aliphatic heterocycles. The summed E-state index contributed by atoms with van der Waals surface area (Å²) in [7, 11) is 0. The van der Waals surface area contributed by atoms with Crippen molar-refractivity contribution < 1.29 is 14.7 Å². The van der Waals surface area contributed by atoms with Gasteiger partial charge in [-0.2, -0.15) is 0 Å². The third-order valence-corrected chi connectivity index (χ3v) is 2.68. The van der Waals surface area contributed by atoms with Gasteiger partial charge in [-0.15, -0.1) is 0 Å². The van der Waals surface area contributed by atoms with Gasteiger partial charge in [-0.05, 0) is 25.1 Å². The number of amides is 1. The topological polar surface area (TPSA) is 78.4 Å². The Labute approximate surface area is 113 Å². The first-order valence-corrected chi connectivity index (χ1v) is 6.35. The molecule has 5 nitrogen and oxygen atoms in total. The molecule has 0 aliphatic rings. The summed E-state index contributed by atoms with van der Waals surface area (Å²) < 4.78 is 0. The number of hydrogen-bond donors (Lipinski definition) is 3. The molecule has 1 amide bonds. The molecule has 0 fully saturated rings. The van der Waals surface area contributed by atoms with Gasteiger partial charge in [0, 0.05) is 18.2 Å². The fourth-order valence-electron chi connectivity index (χ4n) is 1.86. The highest BCUT2D eigenvalue weighted by atomic mass is 16.4. The highest BCUT2D eigenvalue weighted by Crippen LogP contribution is 2.16. The Kier molecular flexibility index (Phi) is 6.02. The number of rotatable bonds is 7. The Bertz CT molecular complexity index is 446. The first kappa shape index (κ1) is 15.2. The molecule has 19 heavy (non-hydrogen) atoms. The van der Waals surface area contributed by atoms with Gasteiger partial charge in [0.2, 0.25) is 5.91 Å². The van der Waals surface area contributed by atoms with Gasteiger partial charge in [-0.1, -0.05) is 25.1 Å². The second-order valence-corrected chi connectivity index (χ2v) is 4.44. The van der Waals surface area contributed by atoms with E-state index in [1.807, 2.05) is 13.8 Å². The van der Waals surface area contributed by atoms with Gasteiger partial charge in [-0.3, -0.25) is 9.59 Å². The van der Waals surface area contributed by atoms with E-state index in [9.17, 15) is 9.59 Å². The van der Waals surface area contributed by atoms with Crippen molar-refractivity contribution in [2.75, 3.05) is 11.9 Å². The molecule has 0 heterocycles. The molecule has 0 aromatic heterocycles. The molecule has 0 radical (unpaired) electrons. The van der Waals surface area contributed by atoms with E-state index in [4.69, 9.17) is 5.11 Å². The summed E-state index contributed by atoms with van der Waals surface area (Å²) in [6.45, 7) is 4.73. The predicted molar refractivity (Wildman–Crippen MR) is 74.2 cm³/mol. The van der Waals surface area contributed by atoms with Crippen molar-refractivity contribution in [3.8, 4) is 0 Å². The van der Waals surface area contributed by atoms with Gasteiger partial charge in [0.1, 0.15) is 0 Å². The number of para-hydroxylation sites is 1. The third-order valence-electron chi connectivity index (χ3n) is 2.68. The van der Waals surface area contributed by atoms with Crippen LogP contribution in [0.15, 0.2) is 24.3 Å². The lowest BCUT2D eigenvalue weighted by Crippen LogP contribution is -2.30. The first-order chi connectivity index (χ1) is 9.02. The van der Waals surface area contributed by atoms with Crippen LogP contribution in [0, 0.1) is 0 Å². The zero-order valence-corrected chi connectivity index (χ0v) is 11.3. The van der Waals surface area contributed by atoms with Crippen LogP contribution < -0.4 is 10.6 Å². The number of carbonyl (C=O) groups is 2. The van der Waals surface area contributed by atoms with Crippen LogP contribution in [0.2, 0.25) is 0 Å². The van der Waals surface area contributed by atoms with Gasteiger partial charge in [0.05, 0.1) is 6.42 Å². The van der Waals surface area contributed by atoms with Gasteiger partial charge >= 0.3 is 5.97 Å². The fourth-order valence-corrected chi connectivity index (χ4v) is 1.86. The van der Waals surface area contributed by atoms with Crippen LogP contribution in [0.5, 0.6) is 0 Å². The summed E-state index contributed by atoms with van der Waals surface area (Å²) >= 11 is 0. The summed E-state index contributed by atoms with van der Waals surface area (Å²) in [6, 6.07) is 7.05. The molecule has 0 saturated heterocycles. The molecule has 0 saturated carbocycles. The standard InChI is InChI=1S/C14H20N2O3/c1-3-15-10(2)8-13(17)16-12-7-5-4-6-11(12)9-14(18)19/h4-7,10,15H,3,8-9H2,1-2H3,(H,16,17)(H,18,19). The normalized spacial score (nSPS) is 11.9. The lowest BCUT2D eigenvalue weighted by molar-refractivity contribution is -0.136. The summed E-state index contributed by atoms with van der Waals surface area (Å²) in [4.78, 5) is 22.6. The van der Waals surface area contributed by atoms with Gasteiger partial charge < -0.3 is 15.7 Å². The van der Waals surface area contributed by atoms with E-state index in [1.54, 1.807) is 24.3 Å². The average Bonchev–Trinajstić information content (AvgIpc) is 2.31. The monoisotopic (exact) mass is 264 g/mol. The van der Waals surface area contributed by atoms with Gasteiger partial charge in [0.15, 0.2) is 0 Å². The first-order valence-electron chi connectivity index (χ1n) is 6.35. The van der Waals surface area contributed by atoms with Crippen LogP contribution in [0.25, 0.3) is 0 Å². The minimum absolute atomic E-state index is 0.0941. The van der Waals surface area contributed by atoms with Gasteiger partial charge in [0.25, 0.3) is 0 Å². The van der Waals surface area contributed by atoms with Crippen LogP contribution in [-0.4, -0.2) is 29.6 Å². The Hall–Kier alpha value is -1.88. The molecular weight excluding hydrogens is 244 g/mol. The minimum atomic E-state index is -0.914. The quantitative estimate of drug-likeness (QED) is 0.699. The lowest BCUT2D eigenvalue weighted by Gasteiger charge is -2.13. The van der Waals surface area contributed by atoms with Crippen LogP contribution >= 0.6 is 0 Å². The number of benzene rings is 1. The number of anilines is 1. The Morgan fingerprint density at radius 3 is 2.63 bits per heavy atom. The van der Waals surface area contributed by atoms with Crippen molar-refractivity contribution in [3.63, 3.8) is 0 Å². The molecule has 104 valence electrons. The average molecular weight is 264 g/mol. The van der Waals surface area contributed by atoms with E-state index in [2.05, 4.69) is 10.6 Å². The van der Waals surface area contributed by atoms with E-state index in [-0.39, 0.29) is 18.4 Å². The third kappa shape index (κ3) is 5.52. The molecule has 1 rings (SSSR count). The zero-order valence-electron chi connectivity index (χ0n) is 11.3. The highest BCUT2D eigenvalue weighted by molar-refractivity contribution is 5.92. The molecular formula is C14H20N2O3. The van der Waals surface area contributed by atoms with Crippen LogP contribution in [0.4, 0.5) is 5.69 Å². The number of carboxylic acids is 1. The largest absolute Gasteiger partial charge is 0.481 e. The maximum atomic E-state index is 11.8. The zero-order chi connectivity index (χ0) is 14.3. The van der Waals surface area contributed by atoms with Crippen molar-refractivity contribution in [2.45, 2.75) is 32.7 Å². The van der Waals surface area contributed by atoms with E-state index >= 15 is 0 Å². The number of carboxylic acid groups (broad SMARTS) is 1. The van der Waals surface area contributed by atoms with Crippen LogP contribution in [0.1, 0.15) is 25.8 Å². The molecule has 1 aromatic carbocycles. The molecule has 1 aromatic rings. The number of nitrogens with one attached hydrogen (secondary N) is 2. The second kappa shape index (κ2) is 7.53. The molecule has 0 spiro atoms. The van der Waals surface area contributed by atoms with E-state index in [1.165, 1.54) is 0 Å². The Balaban J connectivity index is 2.65. The summed E-state index contributed by atoms with van der Waals surface area (Å²) in [5.74, 6) is -1.03. The van der Waals surface area contributed by atoms with E-state index in [0.717, 1.165) is 6.54 Å². The van der Waals surface area contributed by atoms with Crippen molar-refractivity contribution in [3.05, 3.63) is 29.8 Å². The number of hydrogen-bond acceptors (Lipinski definition) is 3. The van der Waals surface area contributed by atoms with Crippen molar-refractivity contribution in [2.24, 2.45) is 0 Å². The van der Waals surface area contributed by atoms with E-state index in [0.29, 0.717) is 17.7 Å². The molecule has 1 atom stereocenters. The summed E-state index contributed by atoms with van der Waals surface area (Å²) in [6.07, 6.45) is 0.258. The Morgan fingerprint density at radius 2 is 2.00 bits per heavy atom. The van der Waals surface area contributed by atoms with Crippen molar-refractivity contribution >= 4 is 17.6 Å². The molecule has 5 heteroatoms. The lowest BCUT2D eigenvalue weighted by atomic mass is 10.1. The maximum Gasteiger partial charge on any atom is 0.307 e. The van der Waals surface area contributed by atoms with E-state index < -0.39 is 5.97 Å². The summed E-state index contributed by atoms with van der Waals surface area (Å²) in [5, 5.41) is 14.7. The SMILES string of the molecule is CCNC(C)CC(=O)Nc1ccccc1CC(=O)O. The number of carbonyl (C=O) groups excluding carboxylic acids is 1. The fraction of sp³-hybridized carbons (Fsp3) is 0.429. The molecule has 0 aliphatic carbocycles. The van der Waals surface area contributed by atoms with Crippen LogP contribution in [0.3, 0.4) is 0 Å². The van der Waals surface area contributed by atoms with Crippen molar-refractivity contribution in [1.82, 2.24) is 5.32 Å². The second-order valence-electron chi connectivity index (χ2n) is 4.44. The summed E-state index contributed by atoms with van der Waals surface area (Å²) in [5.41, 5.74) is 1.18.